The van der Waals surface area contributed by atoms with Crippen LogP contribution in [0.4, 0.5) is 0 Å². The Morgan fingerprint density at radius 2 is 1.81 bits per heavy atom. The first-order chi connectivity index (χ1) is 7.72. The molecule has 3 fully saturated rings. The van der Waals surface area contributed by atoms with Crippen LogP contribution < -0.4 is 5.32 Å². The van der Waals surface area contributed by atoms with Gasteiger partial charge in [0.25, 0.3) is 0 Å². The summed E-state index contributed by atoms with van der Waals surface area (Å²) >= 11 is 0. The van der Waals surface area contributed by atoms with Crippen LogP contribution in [-0.2, 0) is 4.74 Å². The average molecular weight is 223 g/mol. The molecule has 3 rings (SSSR count). The van der Waals surface area contributed by atoms with Crippen molar-refractivity contribution in [3.05, 3.63) is 0 Å². The highest BCUT2D eigenvalue weighted by Gasteiger charge is 2.41. The Bertz CT molecular complexity index is 255. The Balaban J connectivity index is 1.52. The van der Waals surface area contributed by atoms with E-state index in [4.69, 9.17) is 4.74 Å². The van der Waals surface area contributed by atoms with E-state index >= 15 is 0 Å². The zero-order valence-electron chi connectivity index (χ0n) is 10.6. The fraction of sp³-hybridized carbons (Fsp3) is 1.00. The predicted molar refractivity (Wildman–Crippen MR) is 65.4 cm³/mol. The largest absolute Gasteiger partial charge is 0.373 e. The van der Waals surface area contributed by atoms with E-state index in [1.807, 2.05) is 0 Å². The third-order valence-corrected chi connectivity index (χ3v) is 5.15. The molecule has 2 saturated heterocycles. The summed E-state index contributed by atoms with van der Waals surface area (Å²) in [5.41, 5.74) is 0. The first-order valence-corrected chi connectivity index (χ1v) is 7.14. The second kappa shape index (κ2) is 4.30. The lowest BCUT2D eigenvalue weighted by Crippen LogP contribution is -2.46. The van der Waals surface area contributed by atoms with Crippen LogP contribution >= 0.6 is 0 Å². The summed E-state index contributed by atoms with van der Waals surface area (Å²) in [5.74, 6) is 1.82. The number of rotatable bonds is 2. The molecule has 2 aliphatic heterocycles. The summed E-state index contributed by atoms with van der Waals surface area (Å²) in [6.45, 7) is 4.82. The van der Waals surface area contributed by atoms with Gasteiger partial charge in [-0.15, -0.1) is 0 Å². The molecule has 0 aromatic heterocycles. The smallest absolute Gasteiger partial charge is 0.0733 e. The van der Waals surface area contributed by atoms with Crippen LogP contribution in [0.5, 0.6) is 0 Å². The number of ether oxygens (including phenoxy) is 1. The van der Waals surface area contributed by atoms with Gasteiger partial charge in [-0.3, -0.25) is 0 Å². The molecule has 6 unspecified atom stereocenters. The van der Waals surface area contributed by atoms with Crippen LogP contribution in [0, 0.1) is 11.8 Å². The molecule has 1 saturated carbocycles. The minimum atomic E-state index is 0.541. The molecule has 2 nitrogen and oxygen atoms in total. The van der Waals surface area contributed by atoms with Gasteiger partial charge in [-0.05, 0) is 50.4 Å². The molecule has 0 aromatic carbocycles. The third kappa shape index (κ3) is 2.02. The standard InChI is InChI=1S/C14H25NO/c1-9-3-4-11(7-10(9)2)15-13-8-12-5-6-14(13)16-12/h9-15H,3-8H2,1-2H3. The van der Waals surface area contributed by atoms with Crippen molar-refractivity contribution in [3.8, 4) is 0 Å². The summed E-state index contributed by atoms with van der Waals surface area (Å²) in [6, 6.07) is 1.43. The Kier molecular flexibility index (Phi) is 2.97. The molecule has 0 spiro atoms. The van der Waals surface area contributed by atoms with Gasteiger partial charge < -0.3 is 10.1 Å². The van der Waals surface area contributed by atoms with E-state index in [0.29, 0.717) is 18.2 Å². The second-order valence-electron chi connectivity index (χ2n) is 6.35. The van der Waals surface area contributed by atoms with Crippen LogP contribution in [0.25, 0.3) is 0 Å². The highest BCUT2D eigenvalue weighted by molar-refractivity contribution is 4.96. The molecule has 2 bridgehead atoms. The molecule has 0 aromatic rings. The van der Waals surface area contributed by atoms with Crippen LogP contribution in [0.1, 0.15) is 52.4 Å². The lowest BCUT2D eigenvalue weighted by molar-refractivity contribution is 0.0933. The van der Waals surface area contributed by atoms with Gasteiger partial charge in [-0.1, -0.05) is 13.8 Å². The highest BCUT2D eigenvalue weighted by Crippen LogP contribution is 2.36. The molecule has 1 aliphatic carbocycles. The number of hydrogen-bond acceptors (Lipinski definition) is 2. The summed E-state index contributed by atoms with van der Waals surface area (Å²) in [5, 5.41) is 3.88. The van der Waals surface area contributed by atoms with Gasteiger partial charge in [-0.25, -0.2) is 0 Å². The average Bonchev–Trinajstić information content (AvgIpc) is 2.85. The van der Waals surface area contributed by atoms with Crippen molar-refractivity contribution in [2.45, 2.75) is 76.7 Å². The van der Waals surface area contributed by atoms with Crippen molar-refractivity contribution in [1.29, 1.82) is 0 Å². The van der Waals surface area contributed by atoms with Gasteiger partial charge in [0.1, 0.15) is 0 Å². The zero-order chi connectivity index (χ0) is 11.1. The van der Waals surface area contributed by atoms with E-state index in [1.54, 1.807) is 0 Å². The summed E-state index contributed by atoms with van der Waals surface area (Å²) < 4.78 is 5.91. The lowest BCUT2D eigenvalue weighted by atomic mass is 9.78. The fourth-order valence-corrected chi connectivity index (χ4v) is 3.81. The van der Waals surface area contributed by atoms with Gasteiger partial charge in [0, 0.05) is 12.1 Å². The van der Waals surface area contributed by atoms with E-state index in [1.165, 1.54) is 38.5 Å². The van der Waals surface area contributed by atoms with E-state index in [0.717, 1.165) is 17.9 Å². The molecule has 6 atom stereocenters. The van der Waals surface area contributed by atoms with Gasteiger partial charge in [0.15, 0.2) is 0 Å². The first-order valence-electron chi connectivity index (χ1n) is 7.14. The molecule has 92 valence electrons. The Morgan fingerprint density at radius 1 is 0.938 bits per heavy atom. The molecular formula is C14H25NO. The minimum absolute atomic E-state index is 0.541. The van der Waals surface area contributed by atoms with E-state index in [9.17, 15) is 0 Å². The third-order valence-electron chi connectivity index (χ3n) is 5.15. The number of hydrogen-bond donors (Lipinski definition) is 1. The van der Waals surface area contributed by atoms with E-state index in [-0.39, 0.29) is 0 Å². The minimum Gasteiger partial charge on any atom is -0.373 e. The van der Waals surface area contributed by atoms with Crippen molar-refractivity contribution in [1.82, 2.24) is 5.32 Å². The fourth-order valence-electron chi connectivity index (χ4n) is 3.81. The maximum atomic E-state index is 5.91. The highest BCUT2D eigenvalue weighted by atomic mass is 16.5. The predicted octanol–water partition coefficient (Wildman–Crippen LogP) is 2.72. The normalized spacial score (nSPS) is 52.1. The Morgan fingerprint density at radius 3 is 2.44 bits per heavy atom. The molecule has 2 heterocycles. The van der Waals surface area contributed by atoms with Gasteiger partial charge in [0.05, 0.1) is 12.2 Å². The van der Waals surface area contributed by atoms with Crippen molar-refractivity contribution in [3.63, 3.8) is 0 Å². The van der Waals surface area contributed by atoms with Gasteiger partial charge in [0.2, 0.25) is 0 Å². The van der Waals surface area contributed by atoms with Crippen LogP contribution in [0.2, 0.25) is 0 Å². The Hall–Kier alpha value is -0.0800. The van der Waals surface area contributed by atoms with Gasteiger partial charge in [-0.2, -0.15) is 0 Å². The quantitative estimate of drug-likeness (QED) is 0.777. The first kappa shape index (κ1) is 11.0. The number of nitrogens with one attached hydrogen (secondary N) is 1. The van der Waals surface area contributed by atoms with Gasteiger partial charge >= 0.3 is 0 Å². The molecule has 2 heteroatoms. The summed E-state index contributed by atoms with van der Waals surface area (Å²) in [6.07, 6.45) is 9.14. The maximum absolute atomic E-state index is 5.91. The molecule has 0 radical (unpaired) electrons. The second-order valence-corrected chi connectivity index (χ2v) is 6.35. The lowest BCUT2D eigenvalue weighted by Gasteiger charge is -2.35. The van der Waals surface area contributed by atoms with Crippen molar-refractivity contribution < 1.29 is 4.74 Å². The number of fused-ring (bicyclic) bond motifs is 2. The molecule has 1 N–H and O–H groups in total. The maximum Gasteiger partial charge on any atom is 0.0733 e. The Labute approximate surface area is 99.1 Å². The monoisotopic (exact) mass is 223 g/mol. The van der Waals surface area contributed by atoms with Crippen LogP contribution in [-0.4, -0.2) is 24.3 Å². The molecular weight excluding hydrogens is 198 g/mol. The van der Waals surface area contributed by atoms with Crippen molar-refractivity contribution >= 4 is 0 Å². The van der Waals surface area contributed by atoms with Crippen molar-refractivity contribution in [2.75, 3.05) is 0 Å². The van der Waals surface area contributed by atoms with Crippen molar-refractivity contribution in [2.24, 2.45) is 11.8 Å². The molecule has 0 amide bonds. The summed E-state index contributed by atoms with van der Waals surface area (Å²) in [7, 11) is 0. The van der Waals surface area contributed by atoms with Crippen LogP contribution in [0.3, 0.4) is 0 Å². The molecule has 16 heavy (non-hydrogen) atoms. The topological polar surface area (TPSA) is 21.3 Å². The van der Waals surface area contributed by atoms with E-state index < -0.39 is 0 Å². The van der Waals surface area contributed by atoms with Crippen LogP contribution in [0.15, 0.2) is 0 Å². The zero-order valence-corrected chi connectivity index (χ0v) is 10.6. The summed E-state index contributed by atoms with van der Waals surface area (Å²) in [4.78, 5) is 0. The molecule has 3 aliphatic rings. The SMILES string of the molecule is CC1CCC(NC2CC3CCC2O3)CC1C. The van der Waals surface area contributed by atoms with E-state index in [2.05, 4.69) is 19.2 Å².